The third-order valence-corrected chi connectivity index (χ3v) is 6.68. The van der Waals surface area contributed by atoms with Crippen molar-refractivity contribution in [2.45, 2.75) is 65.7 Å². The lowest BCUT2D eigenvalue weighted by molar-refractivity contribution is -0.117. The number of amides is 1. The molecule has 0 unspecified atom stereocenters. The molecule has 0 bridgehead atoms. The van der Waals surface area contributed by atoms with E-state index in [4.69, 9.17) is 9.97 Å². The zero-order chi connectivity index (χ0) is 23.4. The predicted octanol–water partition coefficient (Wildman–Crippen LogP) is 6.27. The highest BCUT2D eigenvalue weighted by Crippen LogP contribution is 2.31. The Morgan fingerprint density at radius 2 is 1.76 bits per heavy atom. The van der Waals surface area contributed by atoms with Crippen molar-refractivity contribution in [3.05, 3.63) is 70.5 Å². The number of aromatic hydroxyl groups is 1. The minimum Gasteiger partial charge on any atom is -0.508 e. The number of rotatable bonds is 6. The van der Waals surface area contributed by atoms with Crippen LogP contribution in [0.2, 0.25) is 0 Å². The Kier molecular flexibility index (Phi) is 7.07. The number of carbonyl (C=O) groups excluding carboxylic acids is 1. The second-order valence-electron chi connectivity index (χ2n) is 9.31. The molecule has 1 saturated carbocycles. The molecular formula is C28H33N3O2. The standard InChI is InChI=1S/C28H33N3O2/c1-18-9-7-8-12-22(18)17-25-28(31-26(33)16-21-10-5-4-6-11-21)29-20(3)27(30-25)24-14-13-23(32)15-19(24)2/h7-9,12-15,21,32H,4-6,10-11,16-17H2,1-3H3,(H,29,31,33). The van der Waals surface area contributed by atoms with E-state index in [1.54, 1.807) is 12.1 Å². The first kappa shape index (κ1) is 23.0. The Labute approximate surface area is 196 Å². The molecule has 1 aliphatic rings. The molecule has 1 aromatic heterocycles. The number of hydrogen-bond donors (Lipinski definition) is 2. The van der Waals surface area contributed by atoms with Crippen molar-refractivity contribution < 1.29 is 9.90 Å². The van der Waals surface area contributed by atoms with Gasteiger partial charge >= 0.3 is 0 Å². The summed E-state index contributed by atoms with van der Waals surface area (Å²) in [6, 6.07) is 13.5. The zero-order valence-electron chi connectivity index (χ0n) is 19.8. The van der Waals surface area contributed by atoms with E-state index in [1.165, 1.54) is 24.8 Å². The van der Waals surface area contributed by atoms with Crippen LogP contribution in [0.4, 0.5) is 5.82 Å². The van der Waals surface area contributed by atoms with E-state index in [0.717, 1.165) is 46.6 Å². The molecule has 2 aromatic carbocycles. The van der Waals surface area contributed by atoms with Crippen molar-refractivity contribution in [3.63, 3.8) is 0 Å². The van der Waals surface area contributed by atoms with Crippen LogP contribution in [0.1, 0.15) is 66.6 Å². The lowest BCUT2D eigenvalue weighted by Crippen LogP contribution is -2.20. The molecule has 1 amide bonds. The number of aromatic nitrogens is 2. The normalized spacial score (nSPS) is 14.3. The number of carbonyl (C=O) groups is 1. The molecule has 5 nitrogen and oxygen atoms in total. The van der Waals surface area contributed by atoms with Crippen LogP contribution in [0, 0.1) is 26.7 Å². The predicted molar refractivity (Wildman–Crippen MR) is 132 cm³/mol. The van der Waals surface area contributed by atoms with E-state index in [9.17, 15) is 9.90 Å². The molecule has 0 aliphatic heterocycles. The molecule has 3 aromatic rings. The second-order valence-corrected chi connectivity index (χ2v) is 9.31. The summed E-state index contributed by atoms with van der Waals surface area (Å²) < 4.78 is 0. The fourth-order valence-electron chi connectivity index (χ4n) is 4.77. The number of nitrogens with one attached hydrogen (secondary N) is 1. The van der Waals surface area contributed by atoms with Gasteiger partial charge in [0, 0.05) is 18.4 Å². The quantitative estimate of drug-likeness (QED) is 0.470. The minimum atomic E-state index is 0.0233. The van der Waals surface area contributed by atoms with Gasteiger partial charge in [0.25, 0.3) is 0 Å². The highest BCUT2D eigenvalue weighted by atomic mass is 16.3. The van der Waals surface area contributed by atoms with Crippen LogP contribution >= 0.6 is 0 Å². The van der Waals surface area contributed by atoms with Crippen LogP contribution in [0.5, 0.6) is 5.75 Å². The van der Waals surface area contributed by atoms with Crippen LogP contribution in [-0.2, 0) is 11.2 Å². The topological polar surface area (TPSA) is 75.1 Å². The molecule has 4 rings (SSSR count). The van der Waals surface area contributed by atoms with E-state index >= 15 is 0 Å². The third-order valence-electron chi connectivity index (χ3n) is 6.68. The SMILES string of the molecule is Cc1ccccc1Cc1nc(-c2ccc(O)cc2C)c(C)nc1NC(=O)CC1CCCCC1. The van der Waals surface area contributed by atoms with Gasteiger partial charge in [-0.2, -0.15) is 0 Å². The zero-order valence-corrected chi connectivity index (χ0v) is 19.8. The molecule has 1 fully saturated rings. The molecule has 5 heteroatoms. The molecule has 33 heavy (non-hydrogen) atoms. The Morgan fingerprint density at radius 1 is 1.00 bits per heavy atom. The van der Waals surface area contributed by atoms with Gasteiger partial charge in [0.1, 0.15) is 5.75 Å². The van der Waals surface area contributed by atoms with E-state index in [0.29, 0.717) is 24.6 Å². The van der Waals surface area contributed by atoms with Gasteiger partial charge in [0.15, 0.2) is 5.82 Å². The second kappa shape index (κ2) is 10.2. The van der Waals surface area contributed by atoms with Crippen molar-refractivity contribution in [1.29, 1.82) is 0 Å². The van der Waals surface area contributed by atoms with Gasteiger partial charge in [-0.15, -0.1) is 0 Å². The Hall–Kier alpha value is -3.21. The summed E-state index contributed by atoms with van der Waals surface area (Å²) in [5, 5.41) is 12.9. The molecule has 1 heterocycles. The van der Waals surface area contributed by atoms with Crippen LogP contribution in [0.15, 0.2) is 42.5 Å². The van der Waals surface area contributed by atoms with Crippen molar-refractivity contribution >= 4 is 11.7 Å². The average molecular weight is 444 g/mol. The van der Waals surface area contributed by atoms with E-state index in [2.05, 4.69) is 24.4 Å². The summed E-state index contributed by atoms with van der Waals surface area (Å²) in [6.45, 7) is 5.96. The third kappa shape index (κ3) is 5.59. The fraction of sp³-hybridized carbons (Fsp3) is 0.393. The smallest absolute Gasteiger partial charge is 0.225 e. The average Bonchev–Trinajstić information content (AvgIpc) is 2.78. The summed E-state index contributed by atoms with van der Waals surface area (Å²) >= 11 is 0. The summed E-state index contributed by atoms with van der Waals surface area (Å²) in [7, 11) is 0. The van der Waals surface area contributed by atoms with Crippen LogP contribution in [-0.4, -0.2) is 21.0 Å². The van der Waals surface area contributed by atoms with Crippen molar-refractivity contribution in [2.24, 2.45) is 5.92 Å². The number of phenols is 1. The number of benzene rings is 2. The molecule has 1 aliphatic carbocycles. The van der Waals surface area contributed by atoms with Gasteiger partial charge in [0.2, 0.25) is 5.91 Å². The van der Waals surface area contributed by atoms with Gasteiger partial charge in [-0.05, 0) is 74.4 Å². The summed E-state index contributed by atoms with van der Waals surface area (Å²) in [6.07, 6.45) is 7.11. The molecular weight excluding hydrogens is 410 g/mol. The van der Waals surface area contributed by atoms with Gasteiger partial charge in [-0.1, -0.05) is 43.5 Å². The maximum Gasteiger partial charge on any atom is 0.225 e. The van der Waals surface area contributed by atoms with Gasteiger partial charge in [-0.3, -0.25) is 4.79 Å². The van der Waals surface area contributed by atoms with Gasteiger partial charge in [-0.25, -0.2) is 9.97 Å². The Morgan fingerprint density at radius 3 is 2.48 bits per heavy atom. The number of hydrogen-bond acceptors (Lipinski definition) is 4. The maximum atomic E-state index is 12.9. The molecule has 0 radical (unpaired) electrons. The highest BCUT2D eigenvalue weighted by Gasteiger charge is 2.20. The summed E-state index contributed by atoms with van der Waals surface area (Å²) in [4.78, 5) is 22.7. The number of anilines is 1. The summed E-state index contributed by atoms with van der Waals surface area (Å²) in [5.74, 6) is 1.27. The largest absolute Gasteiger partial charge is 0.508 e. The van der Waals surface area contributed by atoms with Crippen molar-refractivity contribution in [1.82, 2.24) is 9.97 Å². The first-order chi connectivity index (χ1) is 15.9. The number of nitrogens with zero attached hydrogens (tertiary/aromatic N) is 2. The molecule has 172 valence electrons. The van der Waals surface area contributed by atoms with Crippen LogP contribution in [0.3, 0.4) is 0 Å². The number of phenolic OH excluding ortho intramolecular Hbond substituents is 1. The minimum absolute atomic E-state index is 0.0233. The van der Waals surface area contributed by atoms with Crippen molar-refractivity contribution in [3.8, 4) is 17.0 Å². The highest BCUT2D eigenvalue weighted by molar-refractivity contribution is 5.90. The fourth-order valence-corrected chi connectivity index (χ4v) is 4.77. The lowest BCUT2D eigenvalue weighted by atomic mass is 9.87. The van der Waals surface area contributed by atoms with E-state index in [1.807, 2.05) is 32.0 Å². The first-order valence-corrected chi connectivity index (χ1v) is 11.9. The van der Waals surface area contributed by atoms with Crippen molar-refractivity contribution in [2.75, 3.05) is 5.32 Å². The maximum absolute atomic E-state index is 12.9. The lowest BCUT2D eigenvalue weighted by Gasteiger charge is -2.21. The molecule has 0 spiro atoms. The van der Waals surface area contributed by atoms with E-state index < -0.39 is 0 Å². The molecule has 2 N–H and O–H groups in total. The molecule has 0 saturated heterocycles. The first-order valence-electron chi connectivity index (χ1n) is 11.9. The van der Waals surface area contributed by atoms with Gasteiger partial charge in [0.05, 0.1) is 17.1 Å². The Bertz CT molecular complexity index is 1150. The van der Waals surface area contributed by atoms with Gasteiger partial charge < -0.3 is 10.4 Å². The van der Waals surface area contributed by atoms with Crippen LogP contribution in [0.25, 0.3) is 11.3 Å². The molecule has 0 atom stereocenters. The summed E-state index contributed by atoms with van der Waals surface area (Å²) in [5.41, 5.74) is 6.50. The van der Waals surface area contributed by atoms with Crippen LogP contribution < -0.4 is 5.32 Å². The van der Waals surface area contributed by atoms with E-state index in [-0.39, 0.29) is 11.7 Å². The monoisotopic (exact) mass is 443 g/mol. The Balaban J connectivity index is 1.69. The number of aryl methyl sites for hydroxylation is 3.